The Labute approximate surface area is 172 Å². The van der Waals surface area contributed by atoms with Gasteiger partial charge in [0.05, 0.1) is 27.6 Å². The number of nitrogens with zero attached hydrogens (tertiary/aromatic N) is 3. The summed E-state index contributed by atoms with van der Waals surface area (Å²) in [6, 6.07) is 11.3. The summed E-state index contributed by atoms with van der Waals surface area (Å²) in [6.07, 6.45) is 1.53. The molecule has 1 aromatic heterocycles. The Morgan fingerprint density at radius 1 is 1.24 bits per heavy atom. The van der Waals surface area contributed by atoms with Gasteiger partial charge in [0.15, 0.2) is 0 Å². The molecule has 0 saturated carbocycles. The summed E-state index contributed by atoms with van der Waals surface area (Å²) >= 11 is 6.02. The molecule has 29 heavy (non-hydrogen) atoms. The van der Waals surface area contributed by atoms with E-state index in [0.29, 0.717) is 28.4 Å². The number of aromatic nitrogens is 2. The lowest BCUT2D eigenvalue weighted by atomic mass is 10.1. The van der Waals surface area contributed by atoms with Gasteiger partial charge in [-0.1, -0.05) is 24.9 Å². The van der Waals surface area contributed by atoms with Gasteiger partial charge in [0.1, 0.15) is 0 Å². The molecular weight excluding hydrogens is 392 g/mol. The highest BCUT2D eigenvalue weighted by Crippen LogP contribution is 2.24. The van der Waals surface area contributed by atoms with Crippen LogP contribution in [-0.2, 0) is 6.42 Å². The zero-order chi connectivity index (χ0) is 21.1. The second-order valence-corrected chi connectivity index (χ2v) is 7.19. The van der Waals surface area contributed by atoms with Crippen LogP contribution in [0.5, 0.6) is 0 Å². The van der Waals surface area contributed by atoms with E-state index < -0.39 is 4.92 Å². The van der Waals surface area contributed by atoms with Crippen molar-refractivity contribution in [1.29, 1.82) is 0 Å². The molecule has 3 aromatic rings. The molecule has 7 nitrogen and oxygen atoms in total. The Morgan fingerprint density at radius 2 is 1.93 bits per heavy atom. The fourth-order valence-electron chi connectivity index (χ4n) is 3.17. The van der Waals surface area contributed by atoms with Crippen molar-refractivity contribution in [2.45, 2.75) is 33.6 Å². The molecule has 3 rings (SSSR count). The summed E-state index contributed by atoms with van der Waals surface area (Å²) in [5, 5.41) is 14.6. The Morgan fingerprint density at radius 3 is 2.52 bits per heavy atom. The van der Waals surface area contributed by atoms with Gasteiger partial charge in [-0.15, -0.1) is 0 Å². The highest BCUT2D eigenvalue weighted by molar-refractivity contribution is 6.30. The lowest BCUT2D eigenvalue weighted by molar-refractivity contribution is -0.384. The average molecular weight is 413 g/mol. The first-order valence-electron chi connectivity index (χ1n) is 9.22. The number of hydrogen-bond donors (Lipinski definition) is 1. The number of halogens is 1. The van der Waals surface area contributed by atoms with E-state index in [1.165, 1.54) is 16.8 Å². The van der Waals surface area contributed by atoms with Crippen LogP contribution in [0.1, 0.15) is 37.1 Å². The number of nitro groups is 1. The van der Waals surface area contributed by atoms with Gasteiger partial charge in [0.2, 0.25) is 0 Å². The predicted octanol–water partition coefficient (Wildman–Crippen LogP) is 5.13. The lowest BCUT2D eigenvalue weighted by Gasteiger charge is -2.04. The third kappa shape index (κ3) is 4.30. The van der Waals surface area contributed by atoms with Crippen molar-refractivity contribution >= 4 is 28.7 Å². The quantitative estimate of drug-likeness (QED) is 0.345. The minimum atomic E-state index is -0.472. The molecule has 0 atom stereocenters. The summed E-state index contributed by atoms with van der Waals surface area (Å²) in [4.78, 5) is 28.2. The van der Waals surface area contributed by atoms with Crippen molar-refractivity contribution in [1.82, 2.24) is 9.78 Å². The van der Waals surface area contributed by atoms with E-state index in [2.05, 4.69) is 10.1 Å². The third-order valence-electron chi connectivity index (χ3n) is 4.59. The number of hydrogen-bond acceptors (Lipinski definition) is 4. The van der Waals surface area contributed by atoms with Crippen LogP contribution in [0.3, 0.4) is 0 Å². The van der Waals surface area contributed by atoms with Crippen molar-refractivity contribution in [3.05, 3.63) is 84.8 Å². The van der Waals surface area contributed by atoms with E-state index in [0.717, 1.165) is 23.4 Å². The zero-order valence-electron chi connectivity index (χ0n) is 16.4. The van der Waals surface area contributed by atoms with Crippen LogP contribution in [-0.4, -0.2) is 20.4 Å². The molecule has 0 aliphatic rings. The number of H-pyrrole nitrogens is 1. The number of non-ortho nitro benzene ring substituents is 1. The van der Waals surface area contributed by atoms with Crippen molar-refractivity contribution in [3.63, 3.8) is 0 Å². The molecule has 0 spiro atoms. The van der Waals surface area contributed by atoms with Gasteiger partial charge in [0.25, 0.3) is 11.2 Å². The maximum Gasteiger partial charge on any atom is 0.280 e. The van der Waals surface area contributed by atoms with Gasteiger partial charge in [0, 0.05) is 22.8 Å². The van der Waals surface area contributed by atoms with Gasteiger partial charge in [-0.25, -0.2) is 4.68 Å². The van der Waals surface area contributed by atoms with E-state index in [4.69, 9.17) is 11.6 Å². The van der Waals surface area contributed by atoms with Crippen LogP contribution in [0.25, 0.3) is 5.69 Å². The fourth-order valence-corrected chi connectivity index (χ4v) is 3.40. The first kappa shape index (κ1) is 20.5. The summed E-state index contributed by atoms with van der Waals surface area (Å²) in [5.41, 5.74) is 3.81. The number of nitro benzene ring substituents is 1. The summed E-state index contributed by atoms with van der Waals surface area (Å²) in [6.45, 7) is 5.75. The minimum absolute atomic E-state index is 0.0293. The number of aromatic amines is 1. The number of aliphatic imine (C=N–C) groups is 1. The smallest absolute Gasteiger partial charge is 0.280 e. The van der Waals surface area contributed by atoms with Crippen molar-refractivity contribution in [2.24, 2.45) is 4.99 Å². The van der Waals surface area contributed by atoms with Gasteiger partial charge < -0.3 is 0 Å². The van der Waals surface area contributed by atoms with E-state index in [1.807, 2.05) is 26.0 Å². The molecule has 8 heteroatoms. The topological polar surface area (TPSA) is 93.3 Å². The van der Waals surface area contributed by atoms with Crippen LogP contribution in [0, 0.1) is 17.0 Å². The van der Waals surface area contributed by atoms with Crippen molar-refractivity contribution in [3.8, 4) is 5.69 Å². The maximum atomic E-state index is 13.2. The second-order valence-electron chi connectivity index (χ2n) is 6.76. The van der Waals surface area contributed by atoms with Gasteiger partial charge >= 0.3 is 0 Å². The molecule has 0 aliphatic heterocycles. The van der Waals surface area contributed by atoms with E-state index in [9.17, 15) is 14.9 Å². The van der Waals surface area contributed by atoms with Crippen LogP contribution in [0.2, 0.25) is 5.02 Å². The summed E-state index contributed by atoms with van der Waals surface area (Å²) in [7, 11) is 0. The van der Waals surface area contributed by atoms with E-state index in [-0.39, 0.29) is 11.2 Å². The molecule has 1 N–H and O–H groups in total. The standard InChI is InChI=1S/C21H21ClN4O3/c1-4-5-19-20(14(3)23-18-11-6-15(22)12-13(18)2)21(27)25(24-19)16-7-9-17(10-8-16)26(28)29/h6-12,24H,4-5H2,1-3H3. The normalized spacial score (nSPS) is 11.7. The van der Waals surface area contributed by atoms with Crippen LogP contribution < -0.4 is 5.56 Å². The Hall–Kier alpha value is -3.19. The summed E-state index contributed by atoms with van der Waals surface area (Å²) < 4.78 is 1.40. The molecule has 0 aliphatic carbocycles. The van der Waals surface area contributed by atoms with Gasteiger partial charge in [-0.2, -0.15) is 0 Å². The molecule has 0 saturated heterocycles. The molecule has 0 fully saturated rings. The Kier molecular flexibility index (Phi) is 5.98. The SMILES string of the molecule is CCCc1[nH]n(-c2ccc([N+](=O)[O-])cc2)c(=O)c1C(C)=Nc1ccc(Cl)cc1C. The van der Waals surface area contributed by atoms with Gasteiger partial charge in [-0.3, -0.25) is 25.0 Å². The molecule has 0 radical (unpaired) electrons. The largest absolute Gasteiger partial charge is 0.294 e. The predicted molar refractivity (Wildman–Crippen MR) is 115 cm³/mol. The number of aryl methyl sites for hydroxylation is 2. The molecular formula is C21H21ClN4O3. The van der Waals surface area contributed by atoms with Crippen molar-refractivity contribution < 1.29 is 4.92 Å². The summed E-state index contributed by atoms with van der Waals surface area (Å²) in [5.74, 6) is 0. The zero-order valence-corrected chi connectivity index (χ0v) is 17.2. The van der Waals surface area contributed by atoms with Gasteiger partial charge in [-0.05, 0) is 56.2 Å². The minimum Gasteiger partial charge on any atom is -0.294 e. The van der Waals surface area contributed by atoms with Crippen LogP contribution in [0.15, 0.2) is 52.3 Å². The van der Waals surface area contributed by atoms with Crippen LogP contribution >= 0.6 is 11.6 Å². The number of benzene rings is 2. The second kappa shape index (κ2) is 8.45. The average Bonchev–Trinajstić information content (AvgIpc) is 3.00. The molecule has 0 amide bonds. The van der Waals surface area contributed by atoms with Crippen LogP contribution in [0.4, 0.5) is 11.4 Å². The van der Waals surface area contributed by atoms with Crippen molar-refractivity contribution in [2.75, 3.05) is 0 Å². The maximum absolute atomic E-state index is 13.2. The molecule has 1 heterocycles. The molecule has 150 valence electrons. The highest BCUT2D eigenvalue weighted by atomic mass is 35.5. The first-order valence-corrected chi connectivity index (χ1v) is 9.60. The van der Waals surface area contributed by atoms with E-state index in [1.54, 1.807) is 25.1 Å². The number of nitrogens with one attached hydrogen (secondary N) is 1. The molecule has 2 aromatic carbocycles. The van der Waals surface area contributed by atoms with E-state index >= 15 is 0 Å². The molecule has 0 bridgehead atoms. The monoisotopic (exact) mass is 412 g/mol. The Balaban J connectivity index is 2.09. The fraction of sp³-hybridized carbons (Fsp3) is 0.238. The highest BCUT2D eigenvalue weighted by Gasteiger charge is 2.18. The number of rotatable bonds is 6. The third-order valence-corrected chi connectivity index (χ3v) is 4.83. The lowest BCUT2D eigenvalue weighted by Crippen LogP contribution is -2.19. The first-order chi connectivity index (χ1) is 13.8. The molecule has 0 unspecified atom stereocenters. The Bertz CT molecular complexity index is 1140.